The molecule has 2 saturated heterocycles. The molecule has 0 aliphatic carbocycles. The van der Waals surface area contributed by atoms with Crippen molar-refractivity contribution in [3.8, 4) is 0 Å². The number of carbonyl (C=O) groups is 3. The number of rotatable bonds is 7. The molecule has 2 aliphatic rings. The van der Waals surface area contributed by atoms with Gasteiger partial charge in [-0.3, -0.25) is 14.4 Å². The average Bonchev–Trinajstić information content (AvgIpc) is 3.31. The third-order valence-electron chi connectivity index (χ3n) is 5.16. The van der Waals surface area contributed by atoms with E-state index in [1.165, 1.54) is 41.1 Å². The van der Waals surface area contributed by atoms with Crippen LogP contribution >= 0.6 is 34.9 Å². The molecular formula is C18H18N4O6S4. The Morgan fingerprint density at radius 3 is 2.88 bits per heavy atom. The van der Waals surface area contributed by atoms with Crippen LogP contribution in [0.3, 0.4) is 0 Å². The van der Waals surface area contributed by atoms with Crippen LogP contribution in [0.4, 0.5) is 0 Å². The van der Waals surface area contributed by atoms with Crippen molar-refractivity contribution in [2.75, 3.05) is 18.1 Å². The highest BCUT2D eigenvalue weighted by molar-refractivity contribution is 8.00. The minimum absolute atomic E-state index is 0.0567. The molecule has 4 heterocycles. The predicted molar refractivity (Wildman–Crippen MR) is 119 cm³/mol. The van der Waals surface area contributed by atoms with Gasteiger partial charge in [0.05, 0.1) is 6.20 Å². The summed E-state index contributed by atoms with van der Waals surface area (Å²) < 4.78 is 14.5. The molecule has 0 bridgehead atoms. The van der Waals surface area contributed by atoms with Crippen molar-refractivity contribution < 1.29 is 28.5 Å². The van der Waals surface area contributed by atoms with Crippen LogP contribution in [0.1, 0.15) is 6.92 Å². The fourth-order valence-corrected chi connectivity index (χ4v) is 8.59. The molecule has 0 aromatic carbocycles. The number of carboxylic acid groups (broad SMARTS) is 1. The molecule has 0 radical (unpaired) electrons. The van der Waals surface area contributed by atoms with Crippen molar-refractivity contribution in [3.05, 3.63) is 41.0 Å². The molecule has 14 heteroatoms. The number of carbonyl (C=O) groups excluding carboxylic acids is 2. The molecule has 2 fully saturated rings. The van der Waals surface area contributed by atoms with Crippen molar-refractivity contribution in [2.45, 2.75) is 27.6 Å². The summed E-state index contributed by atoms with van der Waals surface area (Å²) in [7, 11) is -1.82. The summed E-state index contributed by atoms with van der Waals surface area (Å²) in [6.45, 7) is 1.21. The minimum Gasteiger partial charge on any atom is -0.593 e. The molecule has 2 aromatic rings. The highest BCUT2D eigenvalue weighted by Gasteiger charge is 2.60. The molecule has 2 aliphatic heterocycles. The van der Waals surface area contributed by atoms with Gasteiger partial charge in [0.15, 0.2) is 17.0 Å². The highest BCUT2D eigenvalue weighted by atomic mass is 32.2. The van der Waals surface area contributed by atoms with E-state index in [0.29, 0.717) is 9.05 Å². The number of aromatic nitrogens is 2. The van der Waals surface area contributed by atoms with Crippen LogP contribution < -0.4 is 4.85 Å². The van der Waals surface area contributed by atoms with E-state index in [-0.39, 0.29) is 23.1 Å². The largest absolute Gasteiger partial charge is 0.593 e. The van der Waals surface area contributed by atoms with E-state index in [1.807, 2.05) is 0 Å². The molecule has 0 spiro atoms. The van der Waals surface area contributed by atoms with Gasteiger partial charge in [0, 0.05) is 36.1 Å². The first kappa shape index (κ1) is 23.0. The fraction of sp³-hybridized carbons (Fsp3) is 0.389. The smallest absolute Gasteiger partial charge is 0.313 e. The lowest BCUT2D eigenvalue weighted by molar-refractivity contribution is -0.706. The standard InChI is InChI=1S/C18H18N4O6S4/c1-11(23)21(32(28)13-5-3-7-29-13)14-15(24)20-8-18(17(25)26,10-31-16(14)20)9-30-12-4-2-6-19-22(12)27/h2-7,14,16H,8-10H2,1H3,(H,25,26)/t14?,16-,18?,32?/m1/s1. The molecule has 32 heavy (non-hydrogen) atoms. The molecule has 4 atom stereocenters. The van der Waals surface area contributed by atoms with E-state index in [1.54, 1.807) is 29.6 Å². The van der Waals surface area contributed by atoms with E-state index in [0.717, 1.165) is 16.1 Å². The lowest BCUT2D eigenvalue weighted by atomic mass is 9.89. The van der Waals surface area contributed by atoms with Crippen molar-refractivity contribution in [1.29, 1.82) is 0 Å². The number of amides is 2. The summed E-state index contributed by atoms with van der Waals surface area (Å²) in [6, 6.07) is 5.58. The maximum Gasteiger partial charge on any atom is 0.313 e. The first-order chi connectivity index (χ1) is 15.2. The van der Waals surface area contributed by atoms with Crippen LogP contribution in [-0.2, 0) is 25.4 Å². The van der Waals surface area contributed by atoms with Gasteiger partial charge in [0.2, 0.25) is 5.91 Å². The van der Waals surface area contributed by atoms with Gasteiger partial charge < -0.3 is 15.2 Å². The fourth-order valence-electron chi connectivity index (χ4n) is 3.50. The molecule has 10 nitrogen and oxygen atoms in total. The lowest BCUT2D eigenvalue weighted by Crippen LogP contribution is -2.74. The monoisotopic (exact) mass is 514 g/mol. The Labute approximate surface area is 198 Å². The Hall–Kier alpha value is -2.16. The molecule has 3 unspecified atom stereocenters. The Balaban J connectivity index is 1.51. The normalized spacial score (nSPS) is 25.5. The van der Waals surface area contributed by atoms with Gasteiger partial charge in [-0.2, -0.15) is 0 Å². The number of thiophene rings is 1. The maximum atomic E-state index is 13.0. The van der Waals surface area contributed by atoms with Crippen LogP contribution in [0.5, 0.6) is 0 Å². The van der Waals surface area contributed by atoms with Crippen LogP contribution in [-0.4, -0.2) is 70.9 Å². The van der Waals surface area contributed by atoms with Gasteiger partial charge in [-0.1, -0.05) is 17.8 Å². The topological polar surface area (TPSA) is 135 Å². The lowest BCUT2D eigenvalue weighted by Gasteiger charge is -2.55. The zero-order valence-electron chi connectivity index (χ0n) is 16.7. The van der Waals surface area contributed by atoms with Gasteiger partial charge >= 0.3 is 5.97 Å². The van der Waals surface area contributed by atoms with Crippen LogP contribution in [0, 0.1) is 10.6 Å². The summed E-state index contributed by atoms with van der Waals surface area (Å²) >= 11 is 3.54. The molecule has 1 N–H and O–H groups in total. The summed E-state index contributed by atoms with van der Waals surface area (Å²) in [5.74, 6) is -1.74. The van der Waals surface area contributed by atoms with E-state index in [4.69, 9.17) is 0 Å². The SMILES string of the molecule is CC(=O)N(C1C(=O)N2CC(CSc3cccn[n+]3[O-])(C(=O)O)CS[C@H]12)S(=O)c1cccs1. The first-order valence-corrected chi connectivity index (χ1v) is 13.4. The predicted octanol–water partition coefficient (Wildman–Crippen LogP) is 0.795. The average molecular weight is 515 g/mol. The third kappa shape index (κ3) is 4.00. The van der Waals surface area contributed by atoms with Crippen LogP contribution in [0.2, 0.25) is 0 Å². The molecule has 0 saturated carbocycles. The summed E-state index contributed by atoms with van der Waals surface area (Å²) in [4.78, 5) is 39.3. The summed E-state index contributed by atoms with van der Waals surface area (Å²) in [5, 5.41) is 26.9. The molecule has 4 rings (SSSR count). The maximum absolute atomic E-state index is 13.0. The molecule has 2 amide bonds. The summed E-state index contributed by atoms with van der Waals surface area (Å²) in [6.07, 6.45) is 1.34. The van der Waals surface area contributed by atoms with Crippen molar-refractivity contribution >= 4 is 63.6 Å². The van der Waals surface area contributed by atoms with Crippen molar-refractivity contribution in [2.24, 2.45) is 5.41 Å². The van der Waals surface area contributed by atoms with Crippen molar-refractivity contribution in [1.82, 2.24) is 14.3 Å². The van der Waals surface area contributed by atoms with Gasteiger partial charge in [0.1, 0.15) is 15.0 Å². The zero-order valence-corrected chi connectivity index (χ0v) is 19.9. The van der Waals surface area contributed by atoms with Crippen LogP contribution in [0.15, 0.2) is 45.1 Å². The number of carboxylic acids is 1. The number of hydrogen-bond donors (Lipinski definition) is 1. The Kier molecular flexibility index (Phi) is 6.47. The van der Waals surface area contributed by atoms with Gasteiger partial charge in [0.25, 0.3) is 10.9 Å². The van der Waals surface area contributed by atoms with E-state index in [9.17, 15) is 28.9 Å². The number of fused-ring (bicyclic) bond motifs is 1. The minimum atomic E-state index is -1.82. The van der Waals surface area contributed by atoms with Gasteiger partial charge in [-0.15, -0.1) is 23.1 Å². The van der Waals surface area contributed by atoms with Crippen LogP contribution in [0.25, 0.3) is 0 Å². The number of thioether (sulfide) groups is 2. The first-order valence-electron chi connectivity index (χ1n) is 9.33. The van der Waals surface area contributed by atoms with E-state index in [2.05, 4.69) is 5.10 Å². The van der Waals surface area contributed by atoms with E-state index >= 15 is 0 Å². The van der Waals surface area contributed by atoms with Gasteiger partial charge in [-0.25, -0.2) is 8.51 Å². The highest BCUT2D eigenvalue weighted by Crippen LogP contribution is 2.46. The molecule has 170 valence electrons. The Morgan fingerprint density at radius 1 is 1.47 bits per heavy atom. The quantitative estimate of drug-likeness (QED) is 0.246. The number of aliphatic carboxylic acids is 1. The number of nitrogens with zero attached hydrogens (tertiary/aromatic N) is 4. The van der Waals surface area contributed by atoms with Gasteiger partial charge in [-0.05, 0) is 22.4 Å². The second-order valence-corrected chi connectivity index (χ2v) is 11.9. The Bertz CT molecular complexity index is 1080. The zero-order chi connectivity index (χ0) is 23.0. The second-order valence-electron chi connectivity index (χ2n) is 7.25. The Morgan fingerprint density at radius 2 is 2.25 bits per heavy atom. The van der Waals surface area contributed by atoms with E-state index < -0.39 is 45.6 Å². The molecule has 2 aromatic heterocycles. The summed E-state index contributed by atoms with van der Waals surface area (Å²) in [5.41, 5.74) is -1.27. The molecular weight excluding hydrogens is 496 g/mol. The second kappa shape index (κ2) is 9.00. The third-order valence-corrected chi connectivity index (χ3v) is 10.7. The number of hydrogen-bond acceptors (Lipinski definition) is 9. The number of β-lactam (4-membered cyclic amide) rings is 1. The van der Waals surface area contributed by atoms with Crippen molar-refractivity contribution in [3.63, 3.8) is 0 Å².